The van der Waals surface area contributed by atoms with E-state index in [0.29, 0.717) is 24.8 Å². The van der Waals surface area contributed by atoms with Gasteiger partial charge in [-0.3, -0.25) is 14.4 Å². The van der Waals surface area contributed by atoms with E-state index in [1.54, 1.807) is 13.8 Å². The number of esters is 1. The monoisotopic (exact) mass is 434 g/mol. The number of aliphatic hydroxyl groups is 2. The molecule has 7 atom stereocenters. The van der Waals surface area contributed by atoms with Crippen LogP contribution in [0.5, 0.6) is 0 Å². The Morgan fingerprint density at radius 2 is 1.90 bits per heavy atom. The standard InChI is InChI=1S/C24H31FO6/c1-13-9-18-17-6-5-15-10-16(27)11-19(28)22(15,4)23(17,25)8-7-21(18,3)24(13,30)20(29)12-31-14(2)26/h10-11,13,17-18,28,30H,5-9,12H2,1-4H3/t13-,17?,18?,21-,22+,23?,24-/m0/s1. The molecule has 3 unspecified atom stereocenters. The van der Waals surface area contributed by atoms with Crippen LogP contribution in [0.2, 0.25) is 0 Å². The highest BCUT2D eigenvalue weighted by molar-refractivity contribution is 6.01. The minimum Gasteiger partial charge on any atom is -0.511 e. The van der Waals surface area contributed by atoms with Gasteiger partial charge in [-0.25, -0.2) is 4.39 Å². The lowest BCUT2D eigenvalue weighted by Gasteiger charge is -2.61. The summed E-state index contributed by atoms with van der Waals surface area (Å²) in [5.41, 5.74) is -5.03. The van der Waals surface area contributed by atoms with Crippen molar-refractivity contribution >= 4 is 17.5 Å². The lowest BCUT2D eigenvalue weighted by molar-refractivity contribution is -0.187. The first-order chi connectivity index (χ1) is 14.3. The molecule has 0 spiro atoms. The molecular weight excluding hydrogens is 403 g/mol. The van der Waals surface area contributed by atoms with Crippen LogP contribution < -0.4 is 0 Å². The molecule has 7 heteroatoms. The van der Waals surface area contributed by atoms with Gasteiger partial charge in [-0.2, -0.15) is 0 Å². The van der Waals surface area contributed by atoms with Gasteiger partial charge >= 0.3 is 5.97 Å². The van der Waals surface area contributed by atoms with Gasteiger partial charge in [0.25, 0.3) is 0 Å². The first-order valence-electron chi connectivity index (χ1n) is 11.1. The molecule has 0 bridgehead atoms. The minimum atomic E-state index is -1.79. The largest absolute Gasteiger partial charge is 0.511 e. The van der Waals surface area contributed by atoms with Crippen molar-refractivity contribution in [3.8, 4) is 0 Å². The molecule has 0 aliphatic heterocycles. The number of hydrogen-bond acceptors (Lipinski definition) is 6. The summed E-state index contributed by atoms with van der Waals surface area (Å²) in [4.78, 5) is 36.2. The Morgan fingerprint density at radius 3 is 2.55 bits per heavy atom. The minimum absolute atomic E-state index is 0.0560. The lowest BCUT2D eigenvalue weighted by Crippen LogP contribution is -2.64. The van der Waals surface area contributed by atoms with Crippen molar-refractivity contribution < 1.29 is 33.7 Å². The van der Waals surface area contributed by atoms with E-state index in [4.69, 9.17) is 4.74 Å². The van der Waals surface area contributed by atoms with Crippen LogP contribution in [0.3, 0.4) is 0 Å². The van der Waals surface area contributed by atoms with Crippen LogP contribution in [0.4, 0.5) is 4.39 Å². The van der Waals surface area contributed by atoms with Gasteiger partial charge in [-0.15, -0.1) is 0 Å². The zero-order chi connectivity index (χ0) is 23.0. The van der Waals surface area contributed by atoms with Crippen molar-refractivity contribution in [3.05, 3.63) is 23.5 Å². The maximum Gasteiger partial charge on any atom is 0.303 e. The Balaban J connectivity index is 1.73. The number of Topliss-reactive ketones (excluding diaryl/α,β-unsaturated/α-hetero) is 1. The number of halogens is 1. The summed E-state index contributed by atoms with van der Waals surface area (Å²) >= 11 is 0. The van der Waals surface area contributed by atoms with Crippen molar-refractivity contribution in [2.75, 3.05) is 6.61 Å². The van der Waals surface area contributed by atoms with Crippen LogP contribution in [0.15, 0.2) is 23.5 Å². The highest BCUT2D eigenvalue weighted by Crippen LogP contribution is 2.71. The second-order valence-corrected chi connectivity index (χ2v) is 10.4. The summed E-state index contributed by atoms with van der Waals surface area (Å²) in [6.45, 7) is 6.02. The number of alkyl halides is 1. The van der Waals surface area contributed by atoms with Gasteiger partial charge in [0.15, 0.2) is 12.4 Å². The second-order valence-electron chi connectivity index (χ2n) is 10.4. The van der Waals surface area contributed by atoms with Gasteiger partial charge in [-0.1, -0.05) is 13.8 Å². The Labute approximate surface area is 181 Å². The number of carbonyl (C=O) groups excluding carboxylic acids is 3. The third kappa shape index (κ3) is 2.62. The molecule has 0 saturated heterocycles. The van der Waals surface area contributed by atoms with Crippen molar-refractivity contribution in [3.63, 3.8) is 0 Å². The Kier molecular flexibility index (Phi) is 4.82. The average molecular weight is 435 g/mol. The van der Waals surface area contributed by atoms with Crippen LogP contribution in [0, 0.1) is 28.6 Å². The molecule has 31 heavy (non-hydrogen) atoms. The zero-order valence-electron chi connectivity index (χ0n) is 18.5. The van der Waals surface area contributed by atoms with Crippen molar-refractivity contribution in [1.29, 1.82) is 0 Å². The molecule has 170 valence electrons. The fraction of sp³-hybridized carbons (Fsp3) is 0.708. The summed E-state index contributed by atoms with van der Waals surface area (Å²) in [6.07, 6.45) is 4.30. The van der Waals surface area contributed by atoms with Gasteiger partial charge in [0.1, 0.15) is 17.0 Å². The number of ketones is 2. The van der Waals surface area contributed by atoms with E-state index in [0.717, 1.165) is 6.08 Å². The van der Waals surface area contributed by atoms with Crippen LogP contribution >= 0.6 is 0 Å². The van der Waals surface area contributed by atoms with E-state index < -0.39 is 52.3 Å². The van der Waals surface area contributed by atoms with Crippen LogP contribution in [-0.4, -0.2) is 45.6 Å². The Bertz CT molecular complexity index is 923. The number of fused-ring (bicyclic) bond motifs is 5. The number of carbonyl (C=O) groups is 3. The van der Waals surface area contributed by atoms with Crippen LogP contribution in [0.1, 0.15) is 59.8 Å². The highest BCUT2D eigenvalue weighted by atomic mass is 19.1. The molecular formula is C24H31FO6. The molecule has 6 nitrogen and oxygen atoms in total. The number of allylic oxidation sites excluding steroid dienone is 3. The van der Waals surface area contributed by atoms with Gasteiger partial charge in [-0.05, 0) is 68.4 Å². The topological polar surface area (TPSA) is 101 Å². The first kappa shape index (κ1) is 22.2. The fourth-order valence-electron chi connectivity index (χ4n) is 7.42. The number of ether oxygens (including phenoxy) is 1. The number of aliphatic hydroxyl groups excluding tert-OH is 1. The molecule has 4 aliphatic rings. The Morgan fingerprint density at radius 1 is 1.23 bits per heavy atom. The van der Waals surface area contributed by atoms with Gasteiger partial charge in [0, 0.05) is 18.4 Å². The van der Waals surface area contributed by atoms with E-state index in [-0.39, 0.29) is 30.3 Å². The fourth-order valence-corrected chi connectivity index (χ4v) is 7.42. The third-order valence-corrected chi connectivity index (χ3v) is 9.23. The SMILES string of the molecule is CC(=O)OCC(=O)[C@@]1(O)[C@@H](C)CC2C3CCC4=CC(=O)C=C(O)[C@]4(C)C3(F)CC[C@@]21C. The van der Waals surface area contributed by atoms with Crippen molar-refractivity contribution in [1.82, 2.24) is 0 Å². The van der Waals surface area contributed by atoms with E-state index >= 15 is 4.39 Å². The zero-order valence-corrected chi connectivity index (χ0v) is 18.5. The molecule has 0 aromatic rings. The normalized spacial score (nSPS) is 46.3. The van der Waals surface area contributed by atoms with E-state index in [2.05, 4.69) is 0 Å². The van der Waals surface area contributed by atoms with Crippen LogP contribution in [-0.2, 0) is 19.1 Å². The molecule has 4 aliphatic carbocycles. The molecule has 3 saturated carbocycles. The van der Waals surface area contributed by atoms with Gasteiger partial charge < -0.3 is 14.9 Å². The summed E-state index contributed by atoms with van der Waals surface area (Å²) < 4.78 is 21.9. The average Bonchev–Trinajstić information content (AvgIpc) is 2.90. The van der Waals surface area contributed by atoms with E-state index in [1.165, 1.54) is 13.0 Å². The predicted octanol–water partition coefficient (Wildman–Crippen LogP) is 3.38. The molecule has 0 heterocycles. The van der Waals surface area contributed by atoms with E-state index in [9.17, 15) is 24.6 Å². The molecule has 0 aromatic heterocycles. The molecule has 4 rings (SSSR count). The van der Waals surface area contributed by atoms with E-state index in [1.807, 2.05) is 6.92 Å². The predicted molar refractivity (Wildman–Crippen MR) is 110 cm³/mol. The second kappa shape index (κ2) is 6.74. The smallest absolute Gasteiger partial charge is 0.303 e. The summed E-state index contributed by atoms with van der Waals surface area (Å²) in [5.74, 6) is -2.88. The summed E-state index contributed by atoms with van der Waals surface area (Å²) in [7, 11) is 0. The quantitative estimate of drug-likeness (QED) is 0.661. The molecule has 0 radical (unpaired) electrons. The molecule has 3 fully saturated rings. The number of rotatable bonds is 3. The van der Waals surface area contributed by atoms with Crippen molar-refractivity contribution in [2.24, 2.45) is 28.6 Å². The maximum absolute atomic E-state index is 17.0. The van der Waals surface area contributed by atoms with Gasteiger partial charge in [0.2, 0.25) is 5.78 Å². The summed E-state index contributed by atoms with van der Waals surface area (Å²) in [5, 5.41) is 22.4. The maximum atomic E-state index is 17.0. The third-order valence-electron chi connectivity index (χ3n) is 9.23. The molecule has 2 N–H and O–H groups in total. The summed E-state index contributed by atoms with van der Waals surface area (Å²) in [6, 6.07) is 0. The van der Waals surface area contributed by atoms with Crippen molar-refractivity contribution in [2.45, 2.75) is 71.1 Å². The number of hydrogen-bond donors (Lipinski definition) is 2. The lowest BCUT2D eigenvalue weighted by atomic mass is 9.45. The van der Waals surface area contributed by atoms with Crippen LogP contribution in [0.25, 0.3) is 0 Å². The highest BCUT2D eigenvalue weighted by Gasteiger charge is 2.74. The molecule has 0 amide bonds. The molecule has 0 aromatic carbocycles. The van der Waals surface area contributed by atoms with Gasteiger partial charge in [0.05, 0.1) is 5.41 Å². The Hall–Kier alpha value is -2.02. The first-order valence-corrected chi connectivity index (χ1v) is 11.1.